The summed E-state index contributed by atoms with van der Waals surface area (Å²) in [5, 5.41) is 13.2. The van der Waals surface area contributed by atoms with E-state index in [-0.39, 0.29) is 23.1 Å². The first-order valence-corrected chi connectivity index (χ1v) is 6.86. The minimum atomic E-state index is -0.295. The van der Waals surface area contributed by atoms with Crippen molar-refractivity contribution in [2.45, 2.75) is 38.3 Å². The maximum absolute atomic E-state index is 13.3. The molecule has 1 aromatic carbocycles. The number of halogens is 1. The molecule has 1 heterocycles. The Labute approximate surface area is 114 Å². The minimum absolute atomic E-state index is 0.0390. The highest BCUT2D eigenvalue weighted by Gasteiger charge is 2.31. The van der Waals surface area contributed by atoms with Crippen molar-refractivity contribution in [2.75, 3.05) is 20.1 Å². The van der Waals surface area contributed by atoms with Gasteiger partial charge < -0.3 is 10.4 Å². The van der Waals surface area contributed by atoms with Gasteiger partial charge in [-0.05, 0) is 51.9 Å². The van der Waals surface area contributed by atoms with Gasteiger partial charge in [0.1, 0.15) is 11.6 Å². The first-order valence-electron chi connectivity index (χ1n) is 6.86. The molecular formula is C15H23FN2O. The van der Waals surface area contributed by atoms with Crippen LogP contribution in [0.2, 0.25) is 0 Å². The summed E-state index contributed by atoms with van der Waals surface area (Å²) in [5.74, 6) is -0.118. The molecule has 0 aliphatic carbocycles. The highest BCUT2D eigenvalue weighted by Crippen LogP contribution is 2.32. The van der Waals surface area contributed by atoms with Crippen LogP contribution in [0.1, 0.15) is 38.3 Å². The molecule has 1 unspecified atom stereocenters. The second-order valence-corrected chi connectivity index (χ2v) is 5.73. The summed E-state index contributed by atoms with van der Waals surface area (Å²) in [4.78, 5) is 2.30. The molecule has 4 heteroatoms. The predicted octanol–water partition coefficient (Wildman–Crippen LogP) is 2.67. The van der Waals surface area contributed by atoms with Crippen LogP contribution < -0.4 is 5.32 Å². The van der Waals surface area contributed by atoms with Crippen LogP contribution >= 0.6 is 0 Å². The fourth-order valence-electron chi connectivity index (χ4n) is 2.71. The number of benzene rings is 1. The van der Waals surface area contributed by atoms with Gasteiger partial charge in [0.2, 0.25) is 0 Å². The fraction of sp³-hybridized carbons (Fsp3) is 0.600. The van der Waals surface area contributed by atoms with Gasteiger partial charge in [-0.2, -0.15) is 0 Å². The van der Waals surface area contributed by atoms with Gasteiger partial charge in [-0.3, -0.25) is 4.90 Å². The first-order chi connectivity index (χ1) is 8.95. The number of nitrogens with zero attached hydrogens (tertiary/aromatic N) is 1. The molecule has 1 saturated heterocycles. The third-order valence-electron chi connectivity index (χ3n) is 4.49. The van der Waals surface area contributed by atoms with Crippen molar-refractivity contribution in [3.8, 4) is 5.75 Å². The van der Waals surface area contributed by atoms with Gasteiger partial charge in [0.25, 0.3) is 0 Å². The van der Waals surface area contributed by atoms with Crippen LogP contribution in [0.5, 0.6) is 5.75 Å². The number of nitrogens with one attached hydrogen (secondary N) is 1. The maximum Gasteiger partial charge on any atom is 0.123 e. The van der Waals surface area contributed by atoms with Crippen molar-refractivity contribution < 1.29 is 9.50 Å². The molecule has 0 spiro atoms. The molecule has 3 nitrogen and oxygen atoms in total. The Hall–Kier alpha value is -1.13. The Bertz CT molecular complexity index is 442. The summed E-state index contributed by atoms with van der Waals surface area (Å²) in [7, 11) is 2.00. The second kappa shape index (κ2) is 5.47. The number of aromatic hydroxyl groups is 1. The zero-order valence-corrected chi connectivity index (χ0v) is 11.9. The van der Waals surface area contributed by atoms with E-state index in [2.05, 4.69) is 17.1 Å². The van der Waals surface area contributed by atoms with Crippen LogP contribution in [-0.4, -0.2) is 35.7 Å². The smallest absolute Gasteiger partial charge is 0.123 e. The van der Waals surface area contributed by atoms with Crippen LogP contribution in [0.4, 0.5) is 4.39 Å². The van der Waals surface area contributed by atoms with Gasteiger partial charge in [-0.25, -0.2) is 4.39 Å². The maximum atomic E-state index is 13.3. The Balaban J connectivity index is 2.09. The van der Waals surface area contributed by atoms with Gasteiger partial charge in [-0.15, -0.1) is 0 Å². The molecule has 19 heavy (non-hydrogen) atoms. The van der Waals surface area contributed by atoms with Gasteiger partial charge in [-0.1, -0.05) is 0 Å². The van der Waals surface area contributed by atoms with E-state index in [1.165, 1.54) is 18.2 Å². The number of rotatable bonds is 3. The van der Waals surface area contributed by atoms with Crippen LogP contribution in [-0.2, 0) is 0 Å². The molecule has 1 aliphatic heterocycles. The molecule has 1 atom stereocenters. The van der Waals surface area contributed by atoms with Crippen LogP contribution in [0, 0.1) is 5.82 Å². The van der Waals surface area contributed by atoms with Gasteiger partial charge in [0.05, 0.1) is 0 Å². The number of hydrogen-bond donors (Lipinski definition) is 2. The van der Waals surface area contributed by atoms with Gasteiger partial charge in [0.15, 0.2) is 0 Å². The SMILES string of the molecule is CNC1(C)CCN(C(C)c2cc(F)ccc2O)CC1. The van der Waals surface area contributed by atoms with Crippen molar-refractivity contribution in [1.82, 2.24) is 10.2 Å². The summed E-state index contributed by atoms with van der Waals surface area (Å²) in [5.41, 5.74) is 0.869. The normalized spacial score (nSPS) is 21.3. The summed E-state index contributed by atoms with van der Waals surface area (Å²) >= 11 is 0. The fourth-order valence-corrected chi connectivity index (χ4v) is 2.71. The zero-order valence-electron chi connectivity index (χ0n) is 11.9. The lowest BCUT2D eigenvalue weighted by Crippen LogP contribution is -2.50. The average Bonchev–Trinajstić information content (AvgIpc) is 2.42. The van der Waals surface area contributed by atoms with E-state index in [1.807, 2.05) is 14.0 Å². The quantitative estimate of drug-likeness (QED) is 0.883. The molecular weight excluding hydrogens is 243 g/mol. The van der Waals surface area contributed by atoms with E-state index in [0.29, 0.717) is 5.56 Å². The number of phenols is 1. The van der Waals surface area contributed by atoms with E-state index < -0.39 is 0 Å². The van der Waals surface area contributed by atoms with E-state index in [0.717, 1.165) is 25.9 Å². The van der Waals surface area contributed by atoms with Crippen LogP contribution in [0.15, 0.2) is 18.2 Å². The Morgan fingerprint density at radius 2 is 2.00 bits per heavy atom. The van der Waals surface area contributed by atoms with Gasteiger partial charge in [0, 0.05) is 30.2 Å². The Morgan fingerprint density at radius 3 is 2.58 bits per heavy atom. The number of piperidine rings is 1. The number of likely N-dealkylation sites (tertiary alicyclic amines) is 1. The Kier molecular flexibility index (Phi) is 4.11. The molecule has 0 amide bonds. The van der Waals surface area contributed by atoms with Crippen molar-refractivity contribution in [3.05, 3.63) is 29.6 Å². The summed E-state index contributed by atoms with van der Waals surface area (Å²) < 4.78 is 13.3. The summed E-state index contributed by atoms with van der Waals surface area (Å²) in [6.07, 6.45) is 2.12. The zero-order chi connectivity index (χ0) is 14.0. The predicted molar refractivity (Wildman–Crippen MR) is 74.8 cm³/mol. The van der Waals surface area contributed by atoms with Gasteiger partial charge >= 0.3 is 0 Å². The minimum Gasteiger partial charge on any atom is -0.508 e. The van der Waals surface area contributed by atoms with Crippen molar-refractivity contribution in [1.29, 1.82) is 0 Å². The molecule has 106 valence electrons. The lowest BCUT2D eigenvalue weighted by molar-refractivity contribution is 0.116. The molecule has 2 rings (SSSR count). The standard InChI is InChI=1S/C15H23FN2O/c1-11(13-10-12(16)4-5-14(13)19)18-8-6-15(2,17-3)7-9-18/h4-5,10-11,17,19H,6-9H2,1-3H3. The largest absolute Gasteiger partial charge is 0.508 e. The first kappa shape index (κ1) is 14.3. The molecule has 1 aliphatic rings. The Morgan fingerprint density at radius 1 is 1.37 bits per heavy atom. The highest BCUT2D eigenvalue weighted by molar-refractivity contribution is 5.35. The summed E-state index contributed by atoms with van der Waals surface area (Å²) in [6.45, 7) is 6.16. The molecule has 0 radical (unpaired) electrons. The van der Waals surface area contributed by atoms with E-state index in [4.69, 9.17) is 0 Å². The van der Waals surface area contributed by atoms with Crippen molar-refractivity contribution in [3.63, 3.8) is 0 Å². The molecule has 1 fully saturated rings. The lowest BCUT2D eigenvalue weighted by Gasteiger charge is -2.42. The summed E-state index contributed by atoms with van der Waals surface area (Å²) in [6, 6.07) is 4.20. The van der Waals surface area contributed by atoms with Crippen LogP contribution in [0.3, 0.4) is 0 Å². The van der Waals surface area contributed by atoms with E-state index in [1.54, 1.807) is 0 Å². The third kappa shape index (κ3) is 3.07. The van der Waals surface area contributed by atoms with Crippen LogP contribution in [0.25, 0.3) is 0 Å². The monoisotopic (exact) mass is 266 g/mol. The van der Waals surface area contributed by atoms with E-state index >= 15 is 0 Å². The molecule has 0 aromatic heterocycles. The van der Waals surface area contributed by atoms with E-state index in [9.17, 15) is 9.50 Å². The second-order valence-electron chi connectivity index (χ2n) is 5.73. The van der Waals surface area contributed by atoms with Crippen molar-refractivity contribution >= 4 is 0 Å². The molecule has 1 aromatic rings. The topological polar surface area (TPSA) is 35.5 Å². The molecule has 0 bridgehead atoms. The molecule has 2 N–H and O–H groups in total. The number of phenolic OH excluding ortho intramolecular Hbond substituents is 1. The molecule has 0 saturated carbocycles. The average molecular weight is 266 g/mol. The van der Waals surface area contributed by atoms with Crippen molar-refractivity contribution in [2.24, 2.45) is 0 Å². The third-order valence-corrected chi connectivity index (χ3v) is 4.49. The highest BCUT2D eigenvalue weighted by atomic mass is 19.1. The lowest BCUT2D eigenvalue weighted by atomic mass is 9.88. The number of hydrogen-bond acceptors (Lipinski definition) is 3.